The minimum atomic E-state index is -4.53. The number of benzene rings is 2. The van der Waals surface area contributed by atoms with Crippen molar-refractivity contribution in [2.24, 2.45) is 0 Å². The molecule has 0 aromatic heterocycles. The van der Waals surface area contributed by atoms with Crippen LogP contribution >= 0.6 is 17.0 Å². The van der Waals surface area contributed by atoms with E-state index in [2.05, 4.69) is 91.1 Å². The standard InChI is InChI=1S/2C13H15.C2H7Si.2ClH.Zr/c2*1-4-11-7-12-9(2)5-6-10(3)13(12)8-11;1-3-2;;;/h2*5-8H,4H2,1-3H3;3H,1-2H3;2*1H;/q;;;;;+2/p-2. The third kappa shape index (κ3) is 3.30. The number of rotatable bonds is 5. The molecule has 4 heteroatoms. The summed E-state index contributed by atoms with van der Waals surface area (Å²) in [6, 6.07) is 9.09. The van der Waals surface area contributed by atoms with Crippen LogP contribution in [0.2, 0.25) is 13.1 Å². The van der Waals surface area contributed by atoms with E-state index in [4.69, 9.17) is 17.0 Å². The Morgan fingerprint density at radius 1 is 0.688 bits per heavy atom. The molecule has 32 heavy (non-hydrogen) atoms. The molecule has 2 aliphatic carbocycles. The zero-order chi connectivity index (χ0) is 23.6. The molecule has 2 aromatic carbocycles. The van der Waals surface area contributed by atoms with Crippen LogP contribution in [0.5, 0.6) is 0 Å². The molecular formula is C28H37Cl2SiZr. The van der Waals surface area contributed by atoms with Crippen molar-refractivity contribution < 1.29 is 15.6 Å². The van der Waals surface area contributed by atoms with E-state index in [1.807, 2.05) is 0 Å². The second kappa shape index (κ2) is 8.37. The molecule has 0 saturated heterocycles. The zero-order valence-corrected chi connectivity index (χ0v) is 26.0. The summed E-state index contributed by atoms with van der Waals surface area (Å²) in [6.07, 6.45) is 6.93. The Morgan fingerprint density at radius 2 is 1.03 bits per heavy atom. The van der Waals surface area contributed by atoms with Crippen molar-refractivity contribution in [3.8, 4) is 0 Å². The Balaban J connectivity index is 2.09. The van der Waals surface area contributed by atoms with Crippen molar-refractivity contribution in [3.63, 3.8) is 0 Å². The van der Waals surface area contributed by atoms with Gasteiger partial charge in [-0.15, -0.1) is 0 Å². The molecule has 2 aliphatic rings. The maximum atomic E-state index is 8.35. The molecule has 0 N–H and O–H groups in total. The number of aryl methyl sites for hydroxylation is 4. The topological polar surface area (TPSA) is 0 Å². The summed E-state index contributed by atoms with van der Waals surface area (Å²) < 4.78 is 0.439. The van der Waals surface area contributed by atoms with Crippen LogP contribution in [-0.2, 0) is 15.6 Å². The van der Waals surface area contributed by atoms with Crippen LogP contribution < -0.4 is 0 Å². The van der Waals surface area contributed by atoms with Gasteiger partial charge < -0.3 is 0 Å². The molecule has 2 unspecified atom stereocenters. The first-order chi connectivity index (χ1) is 15.0. The predicted molar refractivity (Wildman–Crippen MR) is 144 cm³/mol. The second-order valence-electron chi connectivity index (χ2n) is 10.4. The Hall–Kier alpha value is -0.400. The monoisotopic (exact) mass is 561 g/mol. The van der Waals surface area contributed by atoms with Crippen LogP contribution in [0.1, 0.15) is 78.4 Å². The van der Waals surface area contributed by atoms with Gasteiger partial charge in [-0.3, -0.25) is 0 Å². The molecule has 0 saturated carbocycles. The third-order valence-electron chi connectivity index (χ3n) is 8.45. The molecular weight excluding hydrogens is 527 g/mol. The van der Waals surface area contributed by atoms with Crippen LogP contribution in [0.3, 0.4) is 0 Å². The fourth-order valence-corrected chi connectivity index (χ4v) is 38.4. The summed E-state index contributed by atoms with van der Waals surface area (Å²) in [4.78, 5) is 0. The van der Waals surface area contributed by atoms with Gasteiger partial charge in [0.05, 0.1) is 0 Å². The van der Waals surface area contributed by atoms with E-state index >= 15 is 0 Å². The fraction of sp³-hybridized carbons (Fsp3) is 0.429. The molecule has 0 aliphatic heterocycles. The molecule has 171 valence electrons. The molecule has 0 fully saturated rings. The van der Waals surface area contributed by atoms with E-state index in [0.717, 1.165) is 12.8 Å². The van der Waals surface area contributed by atoms with Gasteiger partial charge in [0.15, 0.2) is 0 Å². The molecule has 0 bridgehead atoms. The van der Waals surface area contributed by atoms with Gasteiger partial charge in [0, 0.05) is 0 Å². The average Bonchev–Trinajstić information content (AvgIpc) is 3.35. The van der Waals surface area contributed by atoms with E-state index < -0.39 is 21.5 Å². The van der Waals surface area contributed by atoms with Crippen molar-refractivity contribution in [1.82, 2.24) is 0 Å². The summed E-state index contributed by atoms with van der Waals surface area (Å²) in [6.45, 7) is 18.5. The van der Waals surface area contributed by atoms with E-state index in [9.17, 15) is 0 Å². The van der Waals surface area contributed by atoms with Gasteiger partial charge in [0.25, 0.3) is 0 Å². The van der Waals surface area contributed by atoms with Crippen LogP contribution in [0, 0.1) is 27.7 Å². The van der Waals surface area contributed by atoms with Gasteiger partial charge in [-0.25, -0.2) is 0 Å². The summed E-state index contributed by atoms with van der Waals surface area (Å²) in [5, 5.41) is 0. The van der Waals surface area contributed by atoms with Crippen molar-refractivity contribution in [2.45, 2.75) is 74.7 Å². The van der Waals surface area contributed by atoms with Crippen LogP contribution in [0.25, 0.3) is 12.2 Å². The van der Waals surface area contributed by atoms with Crippen molar-refractivity contribution in [3.05, 3.63) is 79.9 Å². The molecule has 0 spiro atoms. The Labute approximate surface area is 203 Å². The van der Waals surface area contributed by atoms with Crippen LogP contribution in [0.15, 0.2) is 35.4 Å². The average molecular weight is 564 g/mol. The summed E-state index contributed by atoms with van der Waals surface area (Å²) in [5.41, 5.74) is 14.0. The fourth-order valence-electron chi connectivity index (χ4n) is 6.47. The first kappa shape index (κ1) is 24.7. The quantitative estimate of drug-likeness (QED) is 0.318. The normalized spacial score (nSPS) is 21.2. The van der Waals surface area contributed by atoms with Gasteiger partial charge in [-0.2, -0.15) is 0 Å². The zero-order valence-electron chi connectivity index (χ0n) is 20.9. The number of allylic oxidation sites excluding steroid dienone is 2. The van der Waals surface area contributed by atoms with Gasteiger partial charge >= 0.3 is 205 Å². The number of hydrogen-bond donors (Lipinski definition) is 0. The van der Waals surface area contributed by atoms with E-state index in [1.54, 1.807) is 0 Å². The van der Waals surface area contributed by atoms with Crippen LogP contribution in [-0.4, -0.2) is 5.92 Å². The molecule has 2 aromatic rings. The van der Waals surface area contributed by atoms with Crippen molar-refractivity contribution >= 4 is 35.1 Å². The first-order valence-electron chi connectivity index (χ1n) is 12.2. The number of halogens is 2. The van der Waals surface area contributed by atoms with E-state index in [-0.39, 0.29) is 7.25 Å². The maximum absolute atomic E-state index is 8.35. The molecule has 4 rings (SSSR count). The minimum absolute atomic E-state index is 0.220. The Bertz CT molecular complexity index is 1090. The molecule has 0 radical (unpaired) electrons. The summed E-state index contributed by atoms with van der Waals surface area (Å²) in [5.74, 6) is -1.46. The van der Waals surface area contributed by atoms with Gasteiger partial charge in [0.1, 0.15) is 0 Å². The SMILES string of the molecule is CCC1=Cc2c(C)ccc(C)c2[CH]1[Zr]([Cl])([Cl])([CH]1C(CC)=Cc2c(C)ccc(C)c21)[SiH](C)C. The van der Waals surface area contributed by atoms with Crippen LogP contribution in [0.4, 0.5) is 0 Å². The Kier molecular flexibility index (Phi) is 6.46. The molecule has 0 nitrogen and oxygen atoms in total. The van der Waals surface area contributed by atoms with E-state index in [1.165, 1.54) is 55.7 Å². The van der Waals surface area contributed by atoms with Gasteiger partial charge in [-0.05, 0) is 0 Å². The van der Waals surface area contributed by atoms with E-state index in [0.29, 0.717) is 0 Å². The second-order valence-corrected chi connectivity index (χ2v) is 53.0. The summed E-state index contributed by atoms with van der Waals surface area (Å²) in [7, 11) is 16.7. The predicted octanol–water partition coefficient (Wildman–Crippen LogP) is 9.30. The number of fused-ring (bicyclic) bond motifs is 2. The van der Waals surface area contributed by atoms with Crippen molar-refractivity contribution in [2.75, 3.05) is 0 Å². The molecule has 2 atom stereocenters. The molecule has 0 amide bonds. The van der Waals surface area contributed by atoms with Gasteiger partial charge in [-0.1, -0.05) is 0 Å². The number of hydrogen-bond acceptors (Lipinski definition) is 0. The van der Waals surface area contributed by atoms with Crippen molar-refractivity contribution in [1.29, 1.82) is 0 Å². The third-order valence-corrected chi connectivity index (χ3v) is 60.2. The Morgan fingerprint density at radius 3 is 1.34 bits per heavy atom. The summed E-state index contributed by atoms with van der Waals surface area (Å²) >= 11 is -4.53. The van der Waals surface area contributed by atoms with Gasteiger partial charge in [0.2, 0.25) is 0 Å². The first-order valence-corrected chi connectivity index (χ1v) is 28.5. The molecule has 0 heterocycles.